The van der Waals surface area contributed by atoms with E-state index in [-0.39, 0.29) is 25.1 Å². The van der Waals surface area contributed by atoms with Gasteiger partial charge in [-0.1, -0.05) is 48.1 Å². The molecule has 0 radical (unpaired) electrons. The number of carbonyl (C=O) groups is 2. The zero-order valence-corrected chi connectivity index (χ0v) is 20.1. The minimum Gasteiger partial charge on any atom is -0.492 e. The van der Waals surface area contributed by atoms with Crippen LogP contribution in [-0.2, 0) is 22.5 Å². The Balaban J connectivity index is 1.71. The fourth-order valence-electron chi connectivity index (χ4n) is 4.62. The summed E-state index contributed by atoms with van der Waals surface area (Å²) in [5.74, 6) is 1.02. The monoisotopic (exact) mass is 464 g/mol. The molecule has 0 aliphatic carbocycles. The molecule has 0 aromatic heterocycles. The second kappa shape index (κ2) is 9.73. The van der Waals surface area contributed by atoms with Gasteiger partial charge in [-0.3, -0.25) is 4.79 Å². The van der Waals surface area contributed by atoms with E-state index in [1.54, 1.807) is 13.2 Å². The highest BCUT2D eigenvalue weighted by molar-refractivity contribution is 6.09. The second-order valence-electron chi connectivity index (χ2n) is 8.91. The normalized spacial score (nSPS) is 19.1. The number of carbonyl (C=O) groups excluding carboxylic acids is 2. The number of rotatable bonds is 7. The summed E-state index contributed by atoms with van der Waals surface area (Å²) >= 11 is 0. The molecule has 0 fully saturated rings. The maximum Gasteiger partial charge on any atom is 0.361 e. The molecule has 7 nitrogen and oxygen atoms in total. The number of likely N-dealkylation sites (N-methyl/N-ethyl adjacent to an activating group) is 1. The van der Waals surface area contributed by atoms with Gasteiger partial charge in [-0.15, -0.1) is 0 Å². The molecule has 2 aromatic carbocycles. The highest BCUT2D eigenvalue weighted by Crippen LogP contribution is 2.50. The van der Waals surface area contributed by atoms with Crippen LogP contribution in [0, 0.1) is 0 Å². The van der Waals surface area contributed by atoms with Crippen molar-refractivity contribution >= 4 is 17.8 Å². The SMILES string of the molecule is COC(=O)C[N@+]1(C)CCc2c(c(OC)c3c(c2C(=O)/C=C/C(C)=C/c2ccccc2)OCO3)C1. The van der Waals surface area contributed by atoms with E-state index in [1.165, 1.54) is 7.11 Å². The summed E-state index contributed by atoms with van der Waals surface area (Å²) in [4.78, 5) is 25.5. The van der Waals surface area contributed by atoms with Gasteiger partial charge >= 0.3 is 5.97 Å². The molecule has 0 spiro atoms. The Bertz CT molecular complexity index is 1170. The van der Waals surface area contributed by atoms with Crippen LogP contribution < -0.4 is 14.2 Å². The quantitative estimate of drug-likeness (QED) is 0.203. The first kappa shape index (κ1) is 23.6. The Kier molecular flexibility index (Phi) is 6.75. The molecule has 178 valence electrons. The fraction of sp³-hybridized carbons (Fsp3) is 0.333. The third-order valence-electron chi connectivity index (χ3n) is 6.31. The van der Waals surface area contributed by atoms with Crippen molar-refractivity contribution in [1.29, 1.82) is 0 Å². The predicted molar refractivity (Wildman–Crippen MR) is 128 cm³/mol. The van der Waals surface area contributed by atoms with Crippen molar-refractivity contribution in [3.8, 4) is 17.2 Å². The zero-order valence-electron chi connectivity index (χ0n) is 20.1. The molecule has 0 unspecified atom stereocenters. The van der Waals surface area contributed by atoms with Gasteiger partial charge in [0.2, 0.25) is 12.5 Å². The fourth-order valence-corrected chi connectivity index (χ4v) is 4.62. The molecule has 1 atom stereocenters. The van der Waals surface area contributed by atoms with Crippen LogP contribution in [0.25, 0.3) is 6.08 Å². The highest BCUT2D eigenvalue weighted by atomic mass is 16.7. The standard InChI is InChI=1S/C27H30NO6/c1-18(14-19-8-6-5-7-9-19)10-11-22(29)24-20-12-13-28(2,16-23(30)31-3)15-21(20)25(32-4)27-26(24)33-17-34-27/h5-11,14H,12-13,15-17H2,1-4H3/q+1/b11-10+,18-14+/t28-/m1/s1. The van der Waals surface area contributed by atoms with Crippen molar-refractivity contribution in [3.63, 3.8) is 0 Å². The lowest BCUT2D eigenvalue weighted by Crippen LogP contribution is -2.51. The number of ketones is 1. The number of allylic oxidation sites excluding steroid dienone is 3. The van der Waals surface area contributed by atoms with Crippen molar-refractivity contribution in [2.24, 2.45) is 0 Å². The van der Waals surface area contributed by atoms with E-state index in [1.807, 2.05) is 56.5 Å². The number of hydrogen-bond donors (Lipinski definition) is 0. The number of benzene rings is 2. The highest BCUT2D eigenvalue weighted by Gasteiger charge is 2.40. The molecule has 34 heavy (non-hydrogen) atoms. The molecule has 7 heteroatoms. The smallest absolute Gasteiger partial charge is 0.361 e. The summed E-state index contributed by atoms with van der Waals surface area (Å²) in [7, 11) is 4.97. The predicted octanol–water partition coefficient (Wildman–Crippen LogP) is 3.94. The van der Waals surface area contributed by atoms with Crippen LogP contribution in [0.2, 0.25) is 0 Å². The van der Waals surface area contributed by atoms with E-state index in [0.717, 1.165) is 22.3 Å². The Hall–Kier alpha value is -3.58. The van der Waals surface area contributed by atoms with Crippen molar-refractivity contribution in [2.45, 2.75) is 19.9 Å². The van der Waals surface area contributed by atoms with E-state index in [4.69, 9.17) is 18.9 Å². The van der Waals surface area contributed by atoms with Gasteiger partial charge < -0.3 is 23.4 Å². The van der Waals surface area contributed by atoms with Crippen molar-refractivity contribution in [3.05, 3.63) is 70.3 Å². The second-order valence-corrected chi connectivity index (χ2v) is 8.91. The summed E-state index contributed by atoms with van der Waals surface area (Å²) in [6.45, 7) is 3.42. The first-order valence-corrected chi connectivity index (χ1v) is 11.2. The Labute approximate surface area is 199 Å². The minimum absolute atomic E-state index is 0.0276. The first-order chi connectivity index (χ1) is 16.3. The van der Waals surface area contributed by atoms with E-state index in [2.05, 4.69) is 0 Å². The lowest BCUT2D eigenvalue weighted by atomic mass is 9.88. The minimum atomic E-state index is -0.273. The summed E-state index contributed by atoms with van der Waals surface area (Å²) in [6.07, 6.45) is 6.01. The van der Waals surface area contributed by atoms with E-state index in [9.17, 15) is 9.59 Å². The largest absolute Gasteiger partial charge is 0.492 e. The van der Waals surface area contributed by atoms with Gasteiger partial charge in [0, 0.05) is 6.42 Å². The van der Waals surface area contributed by atoms with Crippen LogP contribution in [-0.4, -0.2) is 57.4 Å². The van der Waals surface area contributed by atoms with E-state index < -0.39 is 0 Å². The van der Waals surface area contributed by atoms with Crippen molar-refractivity contribution in [2.75, 3.05) is 41.1 Å². The number of hydrogen-bond acceptors (Lipinski definition) is 6. The number of fused-ring (bicyclic) bond motifs is 2. The maximum atomic E-state index is 13.4. The molecule has 0 N–H and O–H groups in total. The molecule has 2 aromatic rings. The summed E-state index contributed by atoms with van der Waals surface area (Å²) in [5.41, 5.74) is 4.30. The van der Waals surface area contributed by atoms with Gasteiger partial charge in [0.05, 0.1) is 38.9 Å². The Morgan fingerprint density at radius 3 is 2.50 bits per heavy atom. The molecule has 0 saturated carbocycles. The van der Waals surface area contributed by atoms with Crippen LogP contribution in [0.3, 0.4) is 0 Å². The molecule has 0 bridgehead atoms. The molecule has 2 heterocycles. The van der Waals surface area contributed by atoms with Gasteiger partial charge in [-0.25, -0.2) is 4.79 Å². The molecular weight excluding hydrogens is 434 g/mol. The zero-order chi connectivity index (χ0) is 24.3. The van der Waals surface area contributed by atoms with Gasteiger partial charge in [-0.2, -0.15) is 0 Å². The Morgan fingerprint density at radius 1 is 1.06 bits per heavy atom. The van der Waals surface area contributed by atoms with Crippen molar-refractivity contribution in [1.82, 2.24) is 0 Å². The molecular formula is C27H30NO6+. The number of methoxy groups -OCH3 is 2. The summed E-state index contributed by atoms with van der Waals surface area (Å²) in [5, 5.41) is 0. The van der Waals surface area contributed by atoms with Gasteiger partial charge in [0.15, 0.2) is 23.8 Å². The summed E-state index contributed by atoms with van der Waals surface area (Å²) in [6, 6.07) is 9.95. The molecule has 0 amide bonds. The van der Waals surface area contributed by atoms with E-state index in [0.29, 0.717) is 46.8 Å². The van der Waals surface area contributed by atoms with Crippen LogP contribution >= 0.6 is 0 Å². The lowest BCUT2D eigenvalue weighted by molar-refractivity contribution is -0.917. The maximum absolute atomic E-state index is 13.4. The van der Waals surface area contributed by atoms with Crippen LogP contribution in [0.1, 0.15) is 34.0 Å². The van der Waals surface area contributed by atoms with Crippen LogP contribution in [0.15, 0.2) is 48.1 Å². The summed E-state index contributed by atoms with van der Waals surface area (Å²) < 4.78 is 22.5. The Morgan fingerprint density at radius 2 is 1.79 bits per heavy atom. The molecule has 0 saturated heterocycles. The topological polar surface area (TPSA) is 71.1 Å². The van der Waals surface area contributed by atoms with Gasteiger partial charge in [-0.05, 0) is 24.1 Å². The molecule has 2 aliphatic heterocycles. The average molecular weight is 465 g/mol. The average Bonchev–Trinajstić information content (AvgIpc) is 3.30. The van der Waals surface area contributed by atoms with Crippen LogP contribution in [0.5, 0.6) is 17.2 Å². The third-order valence-corrected chi connectivity index (χ3v) is 6.31. The van der Waals surface area contributed by atoms with Gasteiger partial charge in [0.25, 0.3) is 0 Å². The third kappa shape index (κ3) is 4.70. The van der Waals surface area contributed by atoms with Crippen LogP contribution in [0.4, 0.5) is 0 Å². The lowest BCUT2D eigenvalue weighted by Gasteiger charge is -2.38. The molecule has 2 aliphatic rings. The molecule has 4 rings (SSSR count). The van der Waals surface area contributed by atoms with Gasteiger partial charge in [0.1, 0.15) is 6.54 Å². The number of ether oxygens (including phenoxy) is 4. The van der Waals surface area contributed by atoms with Crippen molar-refractivity contribution < 1.29 is 33.0 Å². The van der Waals surface area contributed by atoms with E-state index >= 15 is 0 Å². The number of esters is 1. The number of quaternary nitrogens is 1. The number of nitrogens with zero attached hydrogens (tertiary/aromatic N) is 1. The first-order valence-electron chi connectivity index (χ1n) is 11.2.